The minimum absolute atomic E-state index is 0.254. The maximum atomic E-state index is 13.9. The lowest BCUT2D eigenvalue weighted by Crippen LogP contribution is -2.37. The number of likely N-dealkylation sites (tertiary alicyclic amines) is 1. The Morgan fingerprint density at radius 2 is 1.54 bits per heavy atom. The highest BCUT2D eigenvalue weighted by atomic mass is 19.4. The molecule has 0 amide bonds. The van der Waals surface area contributed by atoms with Crippen molar-refractivity contribution in [3.05, 3.63) is 94.8 Å². The van der Waals surface area contributed by atoms with Crippen LogP contribution in [0.4, 0.5) is 17.6 Å². The molecule has 2 atom stereocenters. The van der Waals surface area contributed by atoms with Crippen molar-refractivity contribution >= 4 is 5.97 Å². The van der Waals surface area contributed by atoms with Gasteiger partial charge in [0.25, 0.3) is 0 Å². The first kappa shape index (κ1) is 27.4. The van der Waals surface area contributed by atoms with Gasteiger partial charge in [-0.2, -0.15) is 13.2 Å². The van der Waals surface area contributed by atoms with E-state index in [2.05, 4.69) is 11.8 Å². The van der Waals surface area contributed by atoms with Gasteiger partial charge in [-0.25, -0.2) is 4.39 Å². The largest absolute Gasteiger partial charge is 0.481 e. The molecule has 7 heteroatoms. The van der Waals surface area contributed by atoms with Crippen LogP contribution in [0.3, 0.4) is 0 Å². The highest BCUT2D eigenvalue weighted by Crippen LogP contribution is 2.43. The smallest absolute Gasteiger partial charge is 0.416 e. The van der Waals surface area contributed by atoms with E-state index in [0.717, 1.165) is 62.0 Å². The summed E-state index contributed by atoms with van der Waals surface area (Å²) < 4.78 is 53.9. The molecule has 3 aromatic carbocycles. The molecular weight excluding hydrogens is 506 g/mol. The van der Waals surface area contributed by atoms with Crippen molar-refractivity contribution in [2.24, 2.45) is 11.8 Å². The Bertz CT molecular complexity index is 1290. The zero-order valence-corrected chi connectivity index (χ0v) is 21.9. The Labute approximate surface area is 226 Å². The number of halogens is 4. The van der Waals surface area contributed by atoms with Crippen molar-refractivity contribution in [2.45, 2.75) is 57.2 Å². The summed E-state index contributed by atoms with van der Waals surface area (Å²) in [6.45, 7) is 3.88. The standard InChI is InChI=1S/C32H33F4NO2/c1-20-14-16-37(17-15-20)30(23-6-11-26(33)12-7-23)27-13-8-24(29(31(38)39)18-21-2-3-21)19-28(27)22-4-9-25(10-5-22)32(34,35)36/h4-13,19-21,29-30H,2-3,14-18H2,1H3,(H,38,39)/t29-,30-/m0/s1. The molecule has 2 aliphatic rings. The number of alkyl halides is 3. The van der Waals surface area contributed by atoms with Crippen molar-refractivity contribution in [2.75, 3.05) is 13.1 Å². The number of piperidine rings is 1. The minimum atomic E-state index is -4.46. The Morgan fingerprint density at radius 3 is 2.10 bits per heavy atom. The lowest BCUT2D eigenvalue weighted by atomic mass is 9.84. The first-order valence-electron chi connectivity index (χ1n) is 13.6. The highest BCUT2D eigenvalue weighted by Gasteiger charge is 2.33. The third-order valence-electron chi connectivity index (χ3n) is 8.23. The van der Waals surface area contributed by atoms with E-state index >= 15 is 0 Å². The van der Waals surface area contributed by atoms with E-state index in [1.807, 2.05) is 18.2 Å². The SMILES string of the molecule is CC1CCN([C@@H](c2ccc(F)cc2)c2ccc([C@H](CC3CC3)C(=O)O)cc2-c2ccc(C(F)(F)F)cc2)CC1. The first-order valence-corrected chi connectivity index (χ1v) is 13.6. The van der Waals surface area contributed by atoms with Gasteiger partial charge in [-0.3, -0.25) is 9.69 Å². The van der Waals surface area contributed by atoms with Crippen LogP contribution in [0.5, 0.6) is 0 Å². The summed E-state index contributed by atoms with van der Waals surface area (Å²) in [6, 6.07) is 16.8. The molecule has 0 unspecified atom stereocenters. The molecule has 1 aliphatic heterocycles. The van der Waals surface area contributed by atoms with Crippen LogP contribution in [0, 0.1) is 17.7 Å². The van der Waals surface area contributed by atoms with Gasteiger partial charge >= 0.3 is 12.1 Å². The fraction of sp³-hybridized carbons (Fsp3) is 0.406. The number of hydrogen-bond donors (Lipinski definition) is 1. The number of nitrogens with zero attached hydrogens (tertiary/aromatic N) is 1. The van der Waals surface area contributed by atoms with Gasteiger partial charge < -0.3 is 5.11 Å². The first-order chi connectivity index (χ1) is 18.6. The average molecular weight is 540 g/mol. The molecule has 1 saturated carbocycles. The van der Waals surface area contributed by atoms with Crippen molar-refractivity contribution in [3.8, 4) is 11.1 Å². The average Bonchev–Trinajstić information content (AvgIpc) is 3.74. The summed E-state index contributed by atoms with van der Waals surface area (Å²) in [5, 5.41) is 10.0. The monoisotopic (exact) mass is 539 g/mol. The normalized spacial score (nSPS) is 18.6. The van der Waals surface area contributed by atoms with Gasteiger partial charge in [0, 0.05) is 0 Å². The van der Waals surface area contributed by atoms with Crippen molar-refractivity contribution in [3.63, 3.8) is 0 Å². The Balaban J connectivity index is 1.65. The van der Waals surface area contributed by atoms with E-state index in [1.165, 1.54) is 24.3 Å². The third kappa shape index (κ3) is 6.35. The lowest BCUT2D eigenvalue weighted by Gasteiger charge is -2.38. The van der Waals surface area contributed by atoms with E-state index in [0.29, 0.717) is 34.9 Å². The highest BCUT2D eigenvalue weighted by molar-refractivity contribution is 5.78. The van der Waals surface area contributed by atoms with Crippen LogP contribution in [-0.2, 0) is 11.0 Å². The van der Waals surface area contributed by atoms with E-state index in [9.17, 15) is 27.5 Å². The molecule has 1 saturated heterocycles. The zero-order chi connectivity index (χ0) is 27.7. The molecule has 206 valence electrons. The van der Waals surface area contributed by atoms with Crippen LogP contribution >= 0.6 is 0 Å². The quantitative estimate of drug-likeness (QED) is 0.293. The minimum Gasteiger partial charge on any atom is -0.481 e. The second kappa shape index (κ2) is 11.1. The van der Waals surface area contributed by atoms with Crippen LogP contribution in [0.2, 0.25) is 0 Å². The molecule has 5 rings (SSSR count). The number of rotatable bonds is 8. The Morgan fingerprint density at radius 1 is 0.923 bits per heavy atom. The van der Waals surface area contributed by atoms with Crippen molar-refractivity contribution in [1.82, 2.24) is 4.90 Å². The van der Waals surface area contributed by atoms with Crippen LogP contribution in [-0.4, -0.2) is 29.1 Å². The van der Waals surface area contributed by atoms with E-state index in [-0.39, 0.29) is 11.9 Å². The zero-order valence-electron chi connectivity index (χ0n) is 21.9. The number of carboxylic acid groups (broad SMARTS) is 1. The Kier molecular flexibility index (Phi) is 7.81. The second-order valence-corrected chi connectivity index (χ2v) is 11.2. The third-order valence-corrected chi connectivity index (χ3v) is 8.23. The van der Waals surface area contributed by atoms with Gasteiger partial charge in [0.15, 0.2) is 0 Å². The molecular formula is C32H33F4NO2. The number of carbonyl (C=O) groups is 1. The summed E-state index contributed by atoms with van der Waals surface area (Å²) >= 11 is 0. The molecule has 39 heavy (non-hydrogen) atoms. The summed E-state index contributed by atoms with van der Waals surface area (Å²) in [5.41, 5.74) is 2.97. The second-order valence-electron chi connectivity index (χ2n) is 11.2. The van der Waals surface area contributed by atoms with Gasteiger partial charge in [-0.1, -0.05) is 56.2 Å². The number of benzene rings is 3. The fourth-order valence-electron chi connectivity index (χ4n) is 5.70. The van der Waals surface area contributed by atoms with Gasteiger partial charge in [0.2, 0.25) is 0 Å². The molecule has 1 N–H and O–H groups in total. The van der Waals surface area contributed by atoms with Gasteiger partial charge in [-0.15, -0.1) is 0 Å². The summed E-state index contributed by atoms with van der Waals surface area (Å²) in [5.74, 6) is -0.936. The van der Waals surface area contributed by atoms with Crippen molar-refractivity contribution in [1.29, 1.82) is 0 Å². The molecule has 0 radical (unpaired) electrons. The number of hydrogen-bond acceptors (Lipinski definition) is 2. The summed E-state index contributed by atoms with van der Waals surface area (Å²) in [6.07, 6.45) is 0.151. The molecule has 3 aromatic rings. The molecule has 0 spiro atoms. The van der Waals surface area contributed by atoms with Gasteiger partial charge in [0.1, 0.15) is 5.82 Å². The Hall–Kier alpha value is -3.19. The maximum Gasteiger partial charge on any atom is 0.416 e. The maximum absolute atomic E-state index is 13.9. The summed E-state index contributed by atoms with van der Waals surface area (Å²) in [7, 11) is 0. The van der Waals surface area contributed by atoms with E-state index in [4.69, 9.17) is 0 Å². The van der Waals surface area contributed by atoms with Crippen LogP contribution in [0.25, 0.3) is 11.1 Å². The number of aliphatic carboxylic acids is 1. The van der Waals surface area contributed by atoms with E-state index in [1.54, 1.807) is 12.1 Å². The molecule has 0 aromatic heterocycles. The number of carboxylic acids is 1. The fourth-order valence-corrected chi connectivity index (χ4v) is 5.70. The molecule has 1 aliphatic carbocycles. The topological polar surface area (TPSA) is 40.5 Å². The van der Waals surface area contributed by atoms with E-state index < -0.39 is 23.6 Å². The predicted octanol–water partition coefficient (Wildman–Crippen LogP) is 8.30. The van der Waals surface area contributed by atoms with Crippen LogP contribution in [0.1, 0.15) is 73.2 Å². The van der Waals surface area contributed by atoms with Crippen LogP contribution in [0.15, 0.2) is 66.7 Å². The van der Waals surface area contributed by atoms with Crippen LogP contribution < -0.4 is 0 Å². The predicted molar refractivity (Wildman–Crippen MR) is 143 cm³/mol. The van der Waals surface area contributed by atoms with Gasteiger partial charge in [-0.05, 0) is 102 Å². The molecule has 0 bridgehead atoms. The van der Waals surface area contributed by atoms with Crippen molar-refractivity contribution < 1.29 is 27.5 Å². The lowest BCUT2D eigenvalue weighted by molar-refractivity contribution is -0.139. The molecule has 1 heterocycles. The summed E-state index contributed by atoms with van der Waals surface area (Å²) in [4.78, 5) is 14.6. The molecule has 2 fully saturated rings. The molecule has 3 nitrogen and oxygen atoms in total. The van der Waals surface area contributed by atoms with Gasteiger partial charge in [0.05, 0.1) is 17.5 Å².